The smallest absolute Gasteiger partial charge is 0.339 e. The minimum absolute atomic E-state index is 0.0295. The summed E-state index contributed by atoms with van der Waals surface area (Å²) in [5.41, 5.74) is 2.83. The zero-order chi connectivity index (χ0) is 19.9. The number of esters is 1. The number of ether oxygens (including phenoxy) is 1. The summed E-state index contributed by atoms with van der Waals surface area (Å²) in [7, 11) is -3.58. The molecule has 0 bridgehead atoms. The normalized spacial score (nSPS) is 13.5. The maximum Gasteiger partial charge on any atom is 0.339 e. The molecule has 7 heteroatoms. The Bertz CT molecular complexity index is 1250. The van der Waals surface area contributed by atoms with Gasteiger partial charge >= 0.3 is 11.6 Å². The first-order chi connectivity index (χ1) is 13.3. The molecule has 2 aromatic carbocycles. The van der Waals surface area contributed by atoms with Crippen molar-refractivity contribution in [2.24, 2.45) is 0 Å². The molecule has 6 nitrogen and oxygen atoms in total. The molecule has 0 amide bonds. The van der Waals surface area contributed by atoms with Crippen LogP contribution in [0.1, 0.15) is 33.5 Å². The van der Waals surface area contributed by atoms with E-state index in [2.05, 4.69) is 0 Å². The molecule has 3 aromatic rings. The average Bonchev–Trinajstić information content (AvgIpc) is 3.10. The molecule has 0 saturated carbocycles. The molecule has 1 aliphatic rings. The molecule has 0 aliphatic heterocycles. The standard InChI is InChI=1S/C21H18O6S/c1-28(24,25)19-8-3-2-7-16(19)21(23)26-12-15-11-20(22)27-18-10-14-6-4-5-13(14)9-17(15)18/h2-3,7-11H,4-6,12H2,1H3. The lowest BCUT2D eigenvalue weighted by atomic mass is 10.0. The number of aryl methyl sites for hydroxylation is 2. The van der Waals surface area contributed by atoms with Crippen LogP contribution in [0.3, 0.4) is 0 Å². The third kappa shape index (κ3) is 3.45. The molecule has 0 saturated heterocycles. The van der Waals surface area contributed by atoms with E-state index in [1.165, 1.54) is 29.3 Å². The van der Waals surface area contributed by atoms with E-state index < -0.39 is 21.4 Å². The van der Waals surface area contributed by atoms with E-state index >= 15 is 0 Å². The van der Waals surface area contributed by atoms with Gasteiger partial charge in [0.1, 0.15) is 12.2 Å². The van der Waals surface area contributed by atoms with Crippen LogP contribution in [0.4, 0.5) is 0 Å². The molecule has 1 aromatic heterocycles. The van der Waals surface area contributed by atoms with Crippen molar-refractivity contribution in [2.45, 2.75) is 30.8 Å². The monoisotopic (exact) mass is 398 g/mol. The highest BCUT2D eigenvalue weighted by atomic mass is 32.2. The molecule has 1 heterocycles. The zero-order valence-corrected chi connectivity index (χ0v) is 16.0. The predicted octanol–water partition coefficient (Wildman–Crippen LogP) is 3.04. The van der Waals surface area contributed by atoms with E-state index in [-0.39, 0.29) is 17.1 Å². The molecule has 0 atom stereocenters. The van der Waals surface area contributed by atoms with Gasteiger partial charge in [0.15, 0.2) is 9.84 Å². The van der Waals surface area contributed by atoms with Crippen LogP contribution in [-0.2, 0) is 34.0 Å². The van der Waals surface area contributed by atoms with E-state index in [0.717, 1.165) is 30.9 Å². The SMILES string of the molecule is CS(=O)(=O)c1ccccc1C(=O)OCc1cc(=O)oc2cc3c(cc12)CCC3. The zero-order valence-electron chi connectivity index (χ0n) is 15.2. The van der Waals surface area contributed by atoms with Crippen LogP contribution in [0.15, 0.2) is 56.6 Å². The maximum atomic E-state index is 12.5. The second-order valence-electron chi connectivity index (χ2n) is 6.91. The topological polar surface area (TPSA) is 90.6 Å². The van der Waals surface area contributed by atoms with Gasteiger partial charge < -0.3 is 9.15 Å². The Morgan fingerprint density at radius 3 is 2.57 bits per heavy atom. The number of carbonyl (C=O) groups is 1. The van der Waals surface area contributed by atoms with Crippen LogP contribution < -0.4 is 5.63 Å². The third-order valence-corrected chi connectivity index (χ3v) is 6.06. The second-order valence-corrected chi connectivity index (χ2v) is 8.89. The van der Waals surface area contributed by atoms with Crippen molar-refractivity contribution in [3.63, 3.8) is 0 Å². The van der Waals surface area contributed by atoms with E-state index in [0.29, 0.717) is 11.1 Å². The van der Waals surface area contributed by atoms with E-state index in [4.69, 9.17) is 9.15 Å². The number of rotatable bonds is 4. The summed E-state index contributed by atoms with van der Waals surface area (Å²) < 4.78 is 34.5. The van der Waals surface area contributed by atoms with Gasteiger partial charge in [0, 0.05) is 23.3 Å². The van der Waals surface area contributed by atoms with Crippen molar-refractivity contribution in [3.05, 3.63) is 75.1 Å². The highest BCUT2D eigenvalue weighted by Gasteiger charge is 2.20. The fraction of sp³-hybridized carbons (Fsp3) is 0.238. The minimum Gasteiger partial charge on any atom is -0.457 e. The Balaban J connectivity index is 1.67. The van der Waals surface area contributed by atoms with E-state index in [1.807, 2.05) is 12.1 Å². The highest BCUT2D eigenvalue weighted by molar-refractivity contribution is 7.90. The van der Waals surface area contributed by atoms with Crippen LogP contribution in [0.2, 0.25) is 0 Å². The number of carbonyl (C=O) groups excluding carboxylic acids is 1. The van der Waals surface area contributed by atoms with Crippen molar-refractivity contribution in [2.75, 3.05) is 6.26 Å². The first kappa shape index (κ1) is 18.4. The largest absolute Gasteiger partial charge is 0.457 e. The average molecular weight is 398 g/mol. The summed E-state index contributed by atoms with van der Waals surface area (Å²) >= 11 is 0. The van der Waals surface area contributed by atoms with Crippen molar-refractivity contribution < 1.29 is 22.4 Å². The molecule has 0 radical (unpaired) electrons. The summed E-state index contributed by atoms with van der Waals surface area (Å²) in [5.74, 6) is -0.761. The number of hydrogen-bond acceptors (Lipinski definition) is 6. The van der Waals surface area contributed by atoms with Crippen LogP contribution in [0.25, 0.3) is 11.0 Å². The highest BCUT2D eigenvalue weighted by Crippen LogP contribution is 2.29. The van der Waals surface area contributed by atoms with Gasteiger partial charge in [0.25, 0.3) is 0 Å². The molecule has 0 fully saturated rings. The van der Waals surface area contributed by atoms with Gasteiger partial charge in [-0.25, -0.2) is 18.0 Å². The summed E-state index contributed by atoms with van der Waals surface area (Å²) in [5, 5.41) is 0.726. The summed E-state index contributed by atoms with van der Waals surface area (Å²) in [6.07, 6.45) is 4.01. The molecular formula is C21H18O6S. The Kier molecular flexibility index (Phi) is 4.55. The van der Waals surface area contributed by atoms with Gasteiger partial charge in [0.05, 0.1) is 10.5 Å². The second kappa shape index (κ2) is 6.91. The van der Waals surface area contributed by atoms with Crippen molar-refractivity contribution in [1.29, 1.82) is 0 Å². The van der Waals surface area contributed by atoms with Crippen molar-refractivity contribution in [3.8, 4) is 0 Å². The Labute approximate surface area is 161 Å². The molecule has 1 aliphatic carbocycles. The molecule has 0 spiro atoms. The fourth-order valence-electron chi connectivity index (χ4n) is 3.59. The van der Waals surface area contributed by atoms with Gasteiger partial charge in [-0.2, -0.15) is 0 Å². The Morgan fingerprint density at radius 2 is 1.82 bits per heavy atom. The molecule has 144 valence electrons. The lowest BCUT2D eigenvalue weighted by Crippen LogP contribution is -2.12. The lowest BCUT2D eigenvalue weighted by Gasteiger charge is -2.10. The molecule has 28 heavy (non-hydrogen) atoms. The summed E-state index contributed by atoms with van der Waals surface area (Å²) in [4.78, 5) is 24.3. The first-order valence-corrected chi connectivity index (χ1v) is 10.8. The fourth-order valence-corrected chi connectivity index (χ4v) is 4.47. The van der Waals surface area contributed by atoms with E-state index in [9.17, 15) is 18.0 Å². The van der Waals surface area contributed by atoms with Crippen LogP contribution >= 0.6 is 0 Å². The molecule has 0 N–H and O–H groups in total. The quantitative estimate of drug-likeness (QED) is 0.496. The Morgan fingerprint density at radius 1 is 1.11 bits per heavy atom. The maximum absolute atomic E-state index is 12.5. The number of hydrogen-bond donors (Lipinski definition) is 0. The predicted molar refractivity (Wildman–Crippen MR) is 103 cm³/mol. The summed E-state index contributed by atoms with van der Waals surface area (Å²) in [6, 6.07) is 11.0. The lowest BCUT2D eigenvalue weighted by molar-refractivity contribution is 0.0469. The van der Waals surface area contributed by atoms with Crippen LogP contribution in [0, 0.1) is 0 Å². The van der Waals surface area contributed by atoms with E-state index in [1.54, 1.807) is 12.1 Å². The Hall–Kier alpha value is -2.93. The van der Waals surface area contributed by atoms with Gasteiger partial charge in [-0.3, -0.25) is 0 Å². The van der Waals surface area contributed by atoms with Crippen LogP contribution in [-0.4, -0.2) is 20.6 Å². The molecular weight excluding hydrogens is 380 g/mol. The van der Waals surface area contributed by atoms with Gasteiger partial charge in [-0.15, -0.1) is 0 Å². The van der Waals surface area contributed by atoms with Gasteiger partial charge in [0.2, 0.25) is 0 Å². The number of benzene rings is 2. The number of sulfone groups is 1. The van der Waals surface area contributed by atoms with Crippen molar-refractivity contribution in [1.82, 2.24) is 0 Å². The van der Waals surface area contributed by atoms with Crippen LogP contribution in [0.5, 0.6) is 0 Å². The number of fused-ring (bicyclic) bond motifs is 2. The summed E-state index contributed by atoms with van der Waals surface area (Å²) in [6.45, 7) is -0.155. The minimum atomic E-state index is -3.58. The van der Waals surface area contributed by atoms with Gasteiger partial charge in [-0.05, 0) is 54.7 Å². The van der Waals surface area contributed by atoms with Crippen molar-refractivity contribution >= 4 is 26.8 Å². The van der Waals surface area contributed by atoms with Gasteiger partial charge in [-0.1, -0.05) is 12.1 Å². The molecule has 4 rings (SSSR count). The third-order valence-electron chi connectivity index (χ3n) is 4.91. The first-order valence-electron chi connectivity index (χ1n) is 8.88. The molecule has 0 unspecified atom stereocenters.